The van der Waals surface area contributed by atoms with Gasteiger partial charge in [0.05, 0.1) is 26.3 Å². The van der Waals surface area contributed by atoms with E-state index in [4.69, 9.17) is 9.47 Å². The highest BCUT2D eigenvalue weighted by atomic mass is 16.5. The van der Waals surface area contributed by atoms with E-state index in [0.29, 0.717) is 17.1 Å². The van der Waals surface area contributed by atoms with Crippen molar-refractivity contribution < 1.29 is 23.8 Å². The third kappa shape index (κ3) is 3.61. The molecule has 0 saturated heterocycles. The van der Waals surface area contributed by atoms with E-state index in [1.165, 1.54) is 26.4 Å². The number of aliphatic imine (C=N–C) groups is 1. The van der Waals surface area contributed by atoms with Crippen molar-refractivity contribution in [3.05, 3.63) is 23.8 Å². The summed E-state index contributed by atoms with van der Waals surface area (Å²) in [5.41, 5.74) is 0.368. The molecule has 6 nitrogen and oxygen atoms in total. The number of carbonyl (C=O) groups is 1. The molecule has 0 bridgehead atoms. The quantitative estimate of drug-likeness (QED) is 0.328. The van der Waals surface area contributed by atoms with Gasteiger partial charge in [-0.25, -0.2) is 14.6 Å². The molecular weight excluding hydrogens is 238 g/mol. The van der Waals surface area contributed by atoms with Crippen molar-refractivity contribution in [1.82, 2.24) is 0 Å². The normalized spacial score (nSPS) is 9.22. The summed E-state index contributed by atoms with van der Waals surface area (Å²) in [6.07, 6.45) is 1.42. The Bertz CT molecular complexity index is 466. The minimum absolute atomic E-state index is 0.214. The van der Waals surface area contributed by atoms with Crippen LogP contribution in [0.2, 0.25) is 0 Å². The predicted octanol–water partition coefficient (Wildman–Crippen LogP) is 1.20. The zero-order chi connectivity index (χ0) is 13.4. The lowest BCUT2D eigenvalue weighted by atomic mass is 10.2. The molecule has 0 aromatic heterocycles. The van der Waals surface area contributed by atoms with Crippen LogP contribution in [0.3, 0.4) is 0 Å². The molecule has 0 heterocycles. The molecule has 0 spiro atoms. The van der Waals surface area contributed by atoms with E-state index in [2.05, 4.69) is 9.73 Å². The van der Waals surface area contributed by atoms with E-state index in [-0.39, 0.29) is 13.2 Å². The maximum Gasteiger partial charge on any atom is 0.337 e. The first-order chi connectivity index (χ1) is 8.72. The zero-order valence-corrected chi connectivity index (χ0v) is 10.1. The van der Waals surface area contributed by atoms with Crippen molar-refractivity contribution in [2.45, 2.75) is 0 Å². The molecule has 0 saturated carbocycles. The molecule has 0 amide bonds. The highest BCUT2D eigenvalue weighted by molar-refractivity contribution is 5.90. The van der Waals surface area contributed by atoms with Gasteiger partial charge in [-0.2, -0.15) is 0 Å². The number of benzene rings is 1. The van der Waals surface area contributed by atoms with Crippen LogP contribution < -0.4 is 9.47 Å². The van der Waals surface area contributed by atoms with Crippen LogP contribution in [0.15, 0.2) is 23.2 Å². The van der Waals surface area contributed by atoms with Gasteiger partial charge in [-0.05, 0) is 18.2 Å². The van der Waals surface area contributed by atoms with Gasteiger partial charge in [0.1, 0.15) is 6.61 Å². The molecule has 0 unspecified atom stereocenters. The Labute approximate surface area is 104 Å². The second-order valence-electron chi connectivity index (χ2n) is 3.18. The predicted molar refractivity (Wildman–Crippen MR) is 62.8 cm³/mol. The maximum atomic E-state index is 11.3. The van der Waals surface area contributed by atoms with Gasteiger partial charge in [0.2, 0.25) is 6.08 Å². The molecule has 18 heavy (non-hydrogen) atoms. The fraction of sp³-hybridized carbons (Fsp3) is 0.333. The lowest BCUT2D eigenvalue weighted by Gasteiger charge is -2.10. The number of methoxy groups -OCH3 is 2. The zero-order valence-electron chi connectivity index (χ0n) is 10.1. The molecule has 0 aliphatic rings. The first-order valence-corrected chi connectivity index (χ1v) is 5.15. The topological polar surface area (TPSA) is 74.2 Å². The summed E-state index contributed by atoms with van der Waals surface area (Å²) < 4.78 is 15.0. The van der Waals surface area contributed by atoms with Gasteiger partial charge < -0.3 is 14.2 Å². The summed E-state index contributed by atoms with van der Waals surface area (Å²) in [7, 11) is 2.77. The number of isocyanates is 1. The third-order valence-corrected chi connectivity index (χ3v) is 2.11. The van der Waals surface area contributed by atoms with Crippen LogP contribution in [-0.4, -0.2) is 39.4 Å². The summed E-state index contributed by atoms with van der Waals surface area (Å²) in [5.74, 6) is 0.421. The highest BCUT2D eigenvalue weighted by Crippen LogP contribution is 2.28. The highest BCUT2D eigenvalue weighted by Gasteiger charge is 2.10. The van der Waals surface area contributed by atoms with E-state index in [9.17, 15) is 9.59 Å². The van der Waals surface area contributed by atoms with Crippen LogP contribution >= 0.6 is 0 Å². The molecule has 6 heteroatoms. The summed E-state index contributed by atoms with van der Waals surface area (Å²) in [6.45, 7) is 0.439. The number of hydrogen-bond donors (Lipinski definition) is 0. The standard InChI is InChI=1S/C12H13NO5/c1-16-11-7-9(12(15)17-2)3-4-10(11)18-6-5-13-8-14/h3-4,7H,5-6H2,1-2H3. The second kappa shape index (κ2) is 7.09. The van der Waals surface area contributed by atoms with Gasteiger partial charge >= 0.3 is 5.97 Å². The molecule has 0 fully saturated rings. The molecule has 96 valence electrons. The van der Waals surface area contributed by atoms with Crippen LogP contribution in [-0.2, 0) is 9.53 Å². The van der Waals surface area contributed by atoms with E-state index < -0.39 is 5.97 Å². The first-order valence-electron chi connectivity index (χ1n) is 5.15. The van der Waals surface area contributed by atoms with E-state index >= 15 is 0 Å². The van der Waals surface area contributed by atoms with Crippen molar-refractivity contribution in [1.29, 1.82) is 0 Å². The summed E-state index contributed by atoms with van der Waals surface area (Å²) in [5, 5.41) is 0. The molecule has 0 aliphatic carbocycles. The number of rotatable bonds is 6. The van der Waals surface area contributed by atoms with Crippen molar-refractivity contribution in [2.24, 2.45) is 4.99 Å². The van der Waals surface area contributed by atoms with Crippen LogP contribution in [0.4, 0.5) is 0 Å². The number of hydrogen-bond acceptors (Lipinski definition) is 6. The third-order valence-electron chi connectivity index (χ3n) is 2.11. The van der Waals surface area contributed by atoms with Crippen LogP contribution in [0.1, 0.15) is 10.4 Å². The molecule has 1 aromatic rings. The van der Waals surface area contributed by atoms with Crippen LogP contribution in [0.25, 0.3) is 0 Å². The number of ether oxygens (including phenoxy) is 3. The molecule has 1 rings (SSSR count). The number of carbonyl (C=O) groups excluding carboxylic acids is 2. The average Bonchev–Trinajstić information content (AvgIpc) is 2.42. The minimum atomic E-state index is -0.453. The van der Waals surface area contributed by atoms with Gasteiger partial charge in [-0.1, -0.05) is 0 Å². The summed E-state index contributed by atoms with van der Waals surface area (Å²) >= 11 is 0. The molecular formula is C12H13NO5. The van der Waals surface area contributed by atoms with Gasteiger partial charge in [0.15, 0.2) is 11.5 Å². The minimum Gasteiger partial charge on any atom is -0.493 e. The second-order valence-corrected chi connectivity index (χ2v) is 3.18. The maximum absolute atomic E-state index is 11.3. The van der Waals surface area contributed by atoms with Crippen LogP contribution in [0, 0.1) is 0 Å². The Morgan fingerprint density at radius 1 is 1.33 bits per heavy atom. The van der Waals surface area contributed by atoms with Gasteiger partial charge in [0, 0.05) is 0 Å². The van der Waals surface area contributed by atoms with Crippen molar-refractivity contribution in [2.75, 3.05) is 27.4 Å². The molecule has 0 N–H and O–H groups in total. The fourth-order valence-corrected chi connectivity index (χ4v) is 1.28. The van der Waals surface area contributed by atoms with Crippen LogP contribution in [0.5, 0.6) is 11.5 Å². The number of nitrogens with zero attached hydrogens (tertiary/aromatic N) is 1. The molecule has 0 aliphatic heterocycles. The summed E-state index contributed by atoms with van der Waals surface area (Å²) in [4.78, 5) is 24.5. The molecule has 0 radical (unpaired) electrons. The first kappa shape index (κ1) is 13.7. The monoisotopic (exact) mass is 251 g/mol. The smallest absolute Gasteiger partial charge is 0.337 e. The van der Waals surface area contributed by atoms with Gasteiger partial charge in [-0.15, -0.1) is 0 Å². The Balaban J connectivity index is 2.79. The average molecular weight is 251 g/mol. The Morgan fingerprint density at radius 3 is 2.72 bits per heavy atom. The lowest BCUT2D eigenvalue weighted by molar-refractivity contribution is 0.0600. The summed E-state index contributed by atoms with van der Waals surface area (Å²) in [6, 6.07) is 4.67. The van der Waals surface area contributed by atoms with Crippen molar-refractivity contribution >= 4 is 12.0 Å². The Kier molecular flexibility index (Phi) is 5.41. The molecule has 1 aromatic carbocycles. The van der Waals surface area contributed by atoms with Crippen molar-refractivity contribution in [3.8, 4) is 11.5 Å². The Morgan fingerprint density at radius 2 is 2.11 bits per heavy atom. The fourth-order valence-electron chi connectivity index (χ4n) is 1.28. The SMILES string of the molecule is COC(=O)c1ccc(OCCN=C=O)c(OC)c1. The lowest BCUT2D eigenvalue weighted by Crippen LogP contribution is -2.05. The van der Waals surface area contributed by atoms with E-state index in [1.807, 2.05) is 0 Å². The van der Waals surface area contributed by atoms with Crippen molar-refractivity contribution in [3.63, 3.8) is 0 Å². The molecule has 0 atom stereocenters. The largest absolute Gasteiger partial charge is 0.493 e. The van der Waals surface area contributed by atoms with Gasteiger partial charge in [0.25, 0.3) is 0 Å². The van der Waals surface area contributed by atoms with Gasteiger partial charge in [-0.3, -0.25) is 0 Å². The van der Waals surface area contributed by atoms with E-state index in [0.717, 1.165) is 0 Å². The number of esters is 1. The van der Waals surface area contributed by atoms with E-state index in [1.54, 1.807) is 12.1 Å². The Hall–Kier alpha value is -2.33.